The third kappa shape index (κ3) is 4.86. The lowest BCUT2D eigenvalue weighted by molar-refractivity contribution is -0.132. The monoisotopic (exact) mass is 419 g/mol. The predicted molar refractivity (Wildman–Crippen MR) is 112 cm³/mol. The molecule has 1 aliphatic carbocycles. The third-order valence-corrected chi connectivity index (χ3v) is 6.72. The molecular weight excluding hydrogens is 390 g/mol. The predicted octanol–water partition coefficient (Wildman–Crippen LogP) is 2.44. The van der Waals surface area contributed by atoms with Crippen LogP contribution < -0.4 is 4.74 Å². The zero-order valence-electron chi connectivity index (χ0n) is 17.1. The van der Waals surface area contributed by atoms with Gasteiger partial charge in [0, 0.05) is 44.3 Å². The second kappa shape index (κ2) is 8.92. The van der Waals surface area contributed by atoms with E-state index in [0.29, 0.717) is 29.6 Å². The lowest BCUT2D eigenvalue weighted by Crippen LogP contribution is -2.44. The number of ether oxygens (including phenoxy) is 1. The Hall–Kier alpha value is -1.79. The molecule has 1 atom stereocenters. The summed E-state index contributed by atoms with van der Waals surface area (Å²) in [5.74, 6) is 1.81. The van der Waals surface area contributed by atoms with Crippen molar-refractivity contribution in [3.8, 4) is 5.75 Å². The Morgan fingerprint density at radius 2 is 1.97 bits per heavy atom. The molecule has 3 fully saturated rings. The number of methoxy groups -OCH3 is 1. The van der Waals surface area contributed by atoms with Crippen LogP contribution in [0, 0.1) is 5.92 Å². The van der Waals surface area contributed by atoms with E-state index in [1.54, 1.807) is 13.2 Å². The zero-order valence-corrected chi connectivity index (χ0v) is 17.9. The molecule has 0 aromatic heterocycles. The molecule has 7 heteroatoms. The average Bonchev–Trinajstić information content (AvgIpc) is 3.50. The quantitative estimate of drug-likeness (QED) is 0.710. The van der Waals surface area contributed by atoms with E-state index in [4.69, 9.17) is 16.3 Å². The number of benzene rings is 1. The minimum absolute atomic E-state index is 0.000153. The molecule has 0 radical (unpaired) electrons. The van der Waals surface area contributed by atoms with Crippen molar-refractivity contribution >= 4 is 23.4 Å². The molecule has 0 spiro atoms. The van der Waals surface area contributed by atoms with E-state index in [1.165, 1.54) is 12.8 Å². The molecular formula is C22H30ClN3O3. The molecule has 2 aliphatic heterocycles. The Labute approximate surface area is 177 Å². The van der Waals surface area contributed by atoms with Crippen molar-refractivity contribution < 1.29 is 14.3 Å². The molecule has 2 heterocycles. The van der Waals surface area contributed by atoms with Crippen LogP contribution in [0.4, 0.5) is 0 Å². The van der Waals surface area contributed by atoms with Gasteiger partial charge in [0.2, 0.25) is 11.8 Å². The topological polar surface area (TPSA) is 53.1 Å². The maximum atomic E-state index is 12.8. The van der Waals surface area contributed by atoms with Gasteiger partial charge in [0.1, 0.15) is 5.75 Å². The number of nitrogens with zero attached hydrogens (tertiary/aromatic N) is 3. The molecule has 4 rings (SSSR count). The first-order valence-corrected chi connectivity index (χ1v) is 11.1. The first kappa shape index (κ1) is 20.5. The molecule has 0 bridgehead atoms. The number of likely N-dealkylation sites (tertiary alicyclic amines) is 1. The van der Waals surface area contributed by atoms with Crippen molar-refractivity contribution in [2.24, 2.45) is 5.92 Å². The van der Waals surface area contributed by atoms with Crippen LogP contribution in [0.5, 0.6) is 5.75 Å². The van der Waals surface area contributed by atoms with Crippen molar-refractivity contribution in [3.05, 3.63) is 28.8 Å². The van der Waals surface area contributed by atoms with E-state index < -0.39 is 0 Å². The van der Waals surface area contributed by atoms with Gasteiger partial charge in [-0.05, 0) is 49.3 Å². The normalized spacial score (nSPS) is 23.4. The standard InChI is InChI=1S/C22H30ClN3O3/c1-29-18-6-5-17(19(23)14-18)13-21(27)25-9-2-8-24(11-12-25)20-7-10-26(22(20)28)15-16-3-4-16/h5-6,14,16,20H,2-4,7-13,15H2,1H3. The minimum atomic E-state index is -0.000153. The summed E-state index contributed by atoms with van der Waals surface area (Å²) in [6, 6.07) is 5.43. The first-order valence-electron chi connectivity index (χ1n) is 10.7. The molecule has 3 aliphatic rings. The lowest BCUT2D eigenvalue weighted by Gasteiger charge is -2.26. The summed E-state index contributed by atoms with van der Waals surface area (Å²) in [5.41, 5.74) is 0.820. The van der Waals surface area contributed by atoms with Crippen molar-refractivity contribution in [2.75, 3.05) is 46.4 Å². The molecule has 2 amide bonds. The van der Waals surface area contributed by atoms with Crippen LogP contribution in [0.25, 0.3) is 0 Å². The molecule has 6 nitrogen and oxygen atoms in total. The van der Waals surface area contributed by atoms with Crippen molar-refractivity contribution in [3.63, 3.8) is 0 Å². The summed E-state index contributed by atoms with van der Waals surface area (Å²) in [4.78, 5) is 31.9. The number of hydrogen-bond donors (Lipinski definition) is 0. The van der Waals surface area contributed by atoms with Gasteiger partial charge in [0.05, 0.1) is 19.6 Å². The number of rotatable bonds is 6. The van der Waals surface area contributed by atoms with E-state index in [1.807, 2.05) is 17.0 Å². The van der Waals surface area contributed by atoms with Crippen LogP contribution >= 0.6 is 11.6 Å². The van der Waals surface area contributed by atoms with E-state index in [9.17, 15) is 9.59 Å². The van der Waals surface area contributed by atoms with E-state index in [0.717, 1.165) is 57.0 Å². The Bertz CT molecular complexity index is 768. The Balaban J connectivity index is 1.31. The average molecular weight is 420 g/mol. The molecule has 29 heavy (non-hydrogen) atoms. The van der Waals surface area contributed by atoms with Crippen LogP contribution in [-0.4, -0.2) is 78.9 Å². The number of hydrogen-bond acceptors (Lipinski definition) is 4. The highest BCUT2D eigenvalue weighted by Crippen LogP contribution is 2.32. The van der Waals surface area contributed by atoms with Gasteiger partial charge in [-0.1, -0.05) is 17.7 Å². The Kier molecular flexibility index (Phi) is 6.30. The Morgan fingerprint density at radius 3 is 2.69 bits per heavy atom. The van der Waals surface area contributed by atoms with Crippen LogP contribution in [0.2, 0.25) is 5.02 Å². The smallest absolute Gasteiger partial charge is 0.240 e. The number of halogens is 1. The fourth-order valence-corrected chi connectivity index (χ4v) is 4.66. The summed E-state index contributed by atoms with van der Waals surface area (Å²) in [7, 11) is 1.60. The highest BCUT2D eigenvalue weighted by atomic mass is 35.5. The fraction of sp³-hybridized carbons (Fsp3) is 0.636. The molecule has 1 unspecified atom stereocenters. The maximum absolute atomic E-state index is 12.8. The molecule has 1 aromatic carbocycles. The van der Waals surface area contributed by atoms with Gasteiger partial charge in [0.15, 0.2) is 0 Å². The van der Waals surface area contributed by atoms with Gasteiger partial charge < -0.3 is 14.5 Å². The first-order chi connectivity index (χ1) is 14.0. The molecule has 1 aromatic rings. The summed E-state index contributed by atoms with van der Waals surface area (Å²) in [6.07, 6.45) is 4.65. The molecule has 2 saturated heterocycles. The van der Waals surface area contributed by atoms with Crippen LogP contribution in [0.3, 0.4) is 0 Å². The van der Waals surface area contributed by atoms with Gasteiger partial charge in [-0.15, -0.1) is 0 Å². The molecule has 158 valence electrons. The van der Waals surface area contributed by atoms with Gasteiger partial charge in [-0.25, -0.2) is 0 Å². The van der Waals surface area contributed by atoms with Gasteiger partial charge in [0.25, 0.3) is 0 Å². The highest BCUT2D eigenvalue weighted by Gasteiger charge is 2.38. The zero-order chi connectivity index (χ0) is 20.4. The highest BCUT2D eigenvalue weighted by molar-refractivity contribution is 6.31. The van der Waals surface area contributed by atoms with E-state index in [-0.39, 0.29) is 11.9 Å². The SMILES string of the molecule is COc1ccc(CC(=O)N2CCCN(C3CCN(CC4CC4)C3=O)CC2)c(Cl)c1. The van der Waals surface area contributed by atoms with Crippen molar-refractivity contribution in [1.82, 2.24) is 14.7 Å². The number of carbonyl (C=O) groups is 2. The van der Waals surface area contributed by atoms with Gasteiger partial charge in [-0.2, -0.15) is 0 Å². The van der Waals surface area contributed by atoms with Crippen LogP contribution in [0.15, 0.2) is 18.2 Å². The number of amides is 2. The van der Waals surface area contributed by atoms with Crippen LogP contribution in [0.1, 0.15) is 31.2 Å². The van der Waals surface area contributed by atoms with Gasteiger partial charge >= 0.3 is 0 Å². The van der Waals surface area contributed by atoms with E-state index >= 15 is 0 Å². The summed E-state index contributed by atoms with van der Waals surface area (Å²) >= 11 is 6.30. The van der Waals surface area contributed by atoms with Crippen molar-refractivity contribution in [1.29, 1.82) is 0 Å². The maximum Gasteiger partial charge on any atom is 0.240 e. The number of carbonyl (C=O) groups excluding carboxylic acids is 2. The second-order valence-electron chi connectivity index (χ2n) is 8.44. The summed E-state index contributed by atoms with van der Waals surface area (Å²) in [6.45, 7) is 4.86. The molecule has 0 N–H and O–H groups in total. The second-order valence-corrected chi connectivity index (χ2v) is 8.84. The fourth-order valence-electron chi connectivity index (χ4n) is 4.43. The largest absolute Gasteiger partial charge is 0.497 e. The van der Waals surface area contributed by atoms with Crippen LogP contribution in [-0.2, 0) is 16.0 Å². The Morgan fingerprint density at radius 1 is 1.14 bits per heavy atom. The van der Waals surface area contributed by atoms with E-state index in [2.05, 4.69) is 9.80 Å². The minimum Gasteiger partial charge on any atom is -0.497 e. The summed E-state index contributed by atoms with van der Waals surface area (Å²) < 4.78 is 5.17. The summed E-state index contributed by atoms with van der Waals surface area (Å²) in [5, 5.41) is 0.557. The molecule has 1 saturated carbocycles. The van der Waals surface area contributed by atoms with Gasteiger partial charge in [-0.3, -0.25) is 14.5 Å². The third-order valence-electron chi connectivity index (χ3n) is 6.37. The van der Waals surface area contributed by atoms with Crippen molar-refractivity contribution in [2.45, 2.75) is 38.1 Å². The lowest BCUT2D eigenvalue weighted by atomic mass is 10.1.